The minimum atomic E-state index is 0.279. The number of nitrogens with one attached hydrogen (secondary N) is 1. The fraction of sp³-hybridized carbons (Fsp3) is 0.385. The summed E-state index contributed by atoms with van der Waals surface area (Å²) in [5.74, 6) is 9.06. The number of hydrazine groups is 1. The van der Waals surface area contributed by atoms with Gasteiger partial charge in [0.2, 0.25) is 0 Å². The van der Waals surface area contributed by atoms with Crippen LogP contribution in [0.5, 0.6) is 0 Å². The molecule has 0 radical (unpaired) electrons. The van der Waals surface area contributed by atoms with E-state index in [4.69, 9.17) is 12.3 Å². The van der Waals surface area contributed by atoms with Crippen molar-refractivity contribution in [1.29, 1.82) is 0 Å². The van der Waals surface area contributed by atoms with Crippen LogP contribution < -0.4 is 11.3 Å². The van der Waals surface area contributed by atoms with Crippen molar-refractivity contribution in [2.45, 2.75) is 30.7 Å². The Bertz CT molecular complexity index is 357. The Morgan fingerprint density at radius 1 is 1.56 bits per heavy atom. The van der Waals surface area contributed by atoms with Gasteiger partial charge < -0.3 is 0 Å². The van der Waals surface area contributed by atoms with Gasteiger partial charge in [-0.05, 0) is 25.5 Å². The van der Waals surface area contributed by atoms with E-state index < -0.39 is 0 Å². The number of aryl methyl sites for hydroxylation is 1. The summed E-state index contributed by atoms with van der Waals surface area (Å²) in [6, 6.07) is 8.75. The van der Waals surface area contributed by atoms with Crippen molar-refractivity contribution in [3.63, 3.8) is 0 Å². The molecule has 1 aromatic carbocycles. The zero-order chi connectivity index (χ0) is 11.8. The lowest BCUT2D eigenvalue weighted by Crippen LogP contribution is -2.36. The molecular weight excluding hydrogens is 216 g/mol. The highest BCUT2D eigenvalue weighted by atomic mass is 32.2. The van der Waals surface area contributed by atoms with Gasteiger partial charge >= 0.3 is 0 Å². The van der Waals surface area contributed by atoms with Gasteiger partial charge in [-0.1, -0.05) is 17.7 Å². The van der Waals surface area contributed by atoms with Crippen LogP contribution in [0.2, 0.25) is 0 Å². The van der Waals surface area contributed by atoms with Crippen molar-refractivity contribution in [3.8, 4) is 12.3 Å². The van der Waals surface area contributed by atoms with Gasteiger partial charge in [0, 0.05) is 23.1 Å². The number of nitrogens with two attached hydrogens (primary N) is 1. The normalized spacial score (nSPS) is 12.1. The minimum Gasteiger partial charge on any atom is -0.271 e. The standard InChI is InChI=1S/C13H18N2S/c1-3-4-7-12(15-14)10-16-13-8-5-6-11(2)9-13/h1,5-6,8-9,12,15H,4,7,10,14H2,2H3. The first-order chi connectivity index (χ1) is 7.76. The van der Waals surface area contributed by atoms with Gasteiger partial charge in [-0.3, -0.25) is 11.3 Å². The summed E-state index contributed by atoms with van der Waals surface area (Å²) in [5.41, 5.74) is 4.09. The number of benzene rings is 1. The van der Waals surface area contributed by atoms with E-state index in [1.54, 1.807) is 11.8 Å². The highest BCUT2D eigenvalue weighted by molar-refractivity contribution is 7.99. The predicted molar refractivity (Wildman–Crippen MR) is 71.1 cm³/mol. The number of hydrogen-bond acceptors (Lipinski definition) is 3. The van der Waals surface area contributed by atoms with Crippen molar-refractivity contribution < 1.29 is 0 Å². The minimum absolute atomic E-state index is 0.279. The molecule has 1 unspecified atom stereocenters. The second kappa shape index (κ2) is 7.34. The molecule has 3 heteroatoms. The Kier molecular flexibility index (Phi) is 6.02. The van der Waals surface area contributed by atoms with Crippen LogP contribution in [0.25, 0.3) is 0 Å². The zero-order valence-corrected chi connectivity index (χ0v) is 10.4. The molecule has 0 saturated carbocycles. The first-order valence-corrected chi connectivity index (χ1v) is 6.34. The number of terminal acetylenes is 1. The second-order valence-corrected chi connectivity index (χ2v) is 4.83. The third-order valence-corrected chi connectivity index (χ3v) is 3.47. The summed E-state index contributed by atoms with van der Waals surface area (Å²) in [6.45, 7) is 2.10. The van der Waals surface area contributed by atoms with Gasteiger partial charge in [-0.15, -0.1) is 24.1 Å². The quantitative estimate of drug-likeness (QED) is 0.343. The lowest BCUT2D eigenvalue weighted by Gasteiger charge is -2.13. The molecule has 0 saturated heterocycles. The molecule has 16 heavy (non-hydrogen) atoms. The molecule has 0 aliphatic carbocycles. The van der Waals surface area contributed by atoms with Gasteiger partial charge in [0.15, 0.2) is 0 Å². The van der Waals surface area contributed by atoms with Gasteiger partial charge in [0.1, 0.15) is 0 Å². The molecule has 1 rings (SSSR count). The lowest BCUT2D eigenvalue weighted by atomic mass is 10.2. The molecular formula is C13H18N2S. The van der Waals surface area contributed by atoms with Crippen LogP contribution in [-0.2, 0) is 0 Å². The van der Waals surface area contributed by atoms with Crippen molar-refractivity contribution in [2.75, 3.05) is 5.75 Å². The zero-order valence-electron chi connectivity index (χ0n) is 9.57. The molecule has 0 aliphatic rings. The van der Waals surface area contributed by atoms with Crippen LogP contribution in [0.4, 0.5) is 0 Å². The largest absolute Gasteiger partial charge is 0.271 e. The Balaban J connectivity index is 2.40. The Morgan fingerprint density at radius 3 is 3.00 bits per heavy atom. The number of hydrogen-bond donors (Lipinski definition) is 2. The first kappa shape index (κ1) is 13.1. The average Bonchev–Trinajstić information content (AvgIpc) is 2.29. The summed E-state index contributed by atoms with van der Waals surface area (Å²) >= 11 is 1.81. The summed E-state index contributed by atoms with van der Waals surface area (Å²) in [4.78, 5) is 1.28. The molecule has 0 spiro atoms. The molecule has 0 heterocycles. The third-order valence-electron chi connectivity index (χ3n) is 2.31. The Labute approximate surface area is 102 Å². The van der Waals surface area contributed by atoms with Crippen molar-refractivity contribution in [2.24, 2.45) is 5.84 Å². The maximum absolute atomic E-state index is 5.48. The molecule has 86 valence electrons. The van der Waals surface area contributed by atoms with E-state index in [1.165, 1.54) is 10.5 Å². The van der Waals surface area contributed by atoms with Gasteiger partial charge in [0.05, 0.1) is 0 Å². The fourth-order valence-corrected chi connectivity index (χ4v) is 2.47. The molecule has 2 nitrogen and oxygen atoms in total. The van der Waals surface area contributed by atoms with Crippen LogP contribution in [0.3, 0.4) is 0 Å². The molecule has 0 fully saturated rings. The van der Waals surface area contributed by atoms with Crippen molar-refractivity contribution >= 4 is 11.8 Å². The highest BCUT2D eigenvalue weighted by Gasteiger charge is 2.06. The van der Waals surface area contributed by atoms with Crippen molar-refractivity contribution in [1.82, 2.24) is 5.43 Å². The van der Waals surface area contributed by atoms with Gasteiger partial charge in [0.25, 0.3) is 0 Å². The predicted octanol–water partition coefficient (Wildman–Crippen LogP) is 2.33. The fourth-order valence-electron chi connectivity index (χ4n) is 1.37. The van der Waals surface area contributed by atoms with Gasteiger partial charge in [-0.25, -0.2) is 0 Å². The lowest BCUT2D eigenvalue weighted by molar-refractivity contribution is 0.547. The molecule has 1 aromatic rings. The Morgan fingerprint density at radius 2 is 2.38 bits per heavy atom. The molecule has 1 atom stereocenters. The average molecular weight is 234 g/mol. The first-order valence-electron chi connectivity index (χ1n) is 5.35. The van der Waals surface area contributed by atoms with Crippen LogP contribution in [0.1, 0.15) is 18.4 Å². The van der Waals surface area contributed by atoms with E-state index in [-0.39, 0.29) is 6.04 Å². The van der Waals surface area contributed by atoms with Gasteiger partial charge in [-0.2, -0.15) is 0 Å². The molecule has 0 amide bonds. The molecule has 0 aromatic heterocycles. The molecule has 0 bridgehead atoms. The number of rotatable bonds is 6. The summed E-state index contributed by atoms with van der Waals surface area (Å²) in [5, 5.41) is 0. The monoisotopic (exact) mass is 234 g/mol. The third kappa shape index (κ3) is 4.71. The van der Waals surface area contributed by atoms with E-state index in [9.17, 15) is 0 Å². The van der Waals surface area contributed by atoms with E-state index in [0.29, 0.717) is 0 Å². The Hall–Kier alpha value is -0.950. The van der Waals surface area contributed by atoms with Crippen LogP contribution in [0, 0.1) is 19.3 Å². The van der Waals surface area contributed by atoms with E-state index in [0.717, 1.165) is 18.6 Å². The summed E-state index contributed by atoms with van der Waals surface area (Å²) in [7, 11) is 0. The maximum atomic E-state index is 5.48. The number of thioether (sulfide) groups is 1. The van der Waals surface area contributed by atoms with E-state index >= 15 is 0 Å². The van der Waals surface area contributed by atoms with Crippen LogP contribution in [-0.4, -0.2) is 11.8 Å². The summed E-state index contributed by atoms with van der Waals surface area (Å²) in [6.07, 6.45) is 6.92. The van der Waals surface area contributed by atoms with E-state index in [1.807, 2.05) is 0 Å². The SMILES string of the molecule is C#CCCC(CSc1cccc(C)c1)NN. The van der Waals surface area contributed by atoms with E-state index in [2.05, 4.69) is 42.5 Å². The maximum Gasteiger partial charge on any atom is 0.0313 e. The van der Waals surface area contributed by atoms with Crippen molar-refractivity contribution in [3.05, 3.63) is 29.8 Å². The molecule has 3 N–H and O–H groups in total. The second-order valence-electron chi connectivity index (χ2n) is 3.73. The topological polar surface area (TPSA) is 38.0 Å². The highest BCUT2D eigenvalue weighted by Crippen LogP contribution is 2.20. The summed E-state index contributed by atoms with van der Waals surface area (Å²) < 4.78 is 0. The van der Waals surface area contributed by atoms with Crippen LogP contribution >= 0.6 is 11.8 Å². The van der Waals surface area contributed by atoms with Crippen LogP contribution in [0.15, 0.2) is 29.2 Å². The molecule has 0 aliphatic heterocycles. The smallest absolute Gasteiger partial charge is 0.0313 e.